The molecule has 4 atom stereocenters. The number of hydrogen-bond donors (Lipinski definition) is 1. The minimum absolute atomic E-state index is 0.215. The Morgan fingerprint density at radius 2 is 1.94 bits per heavy atom. The zero-order valence-electron chi connectivity index (χ0n) is 11.6. The molecule has 0 aromatic carbocycles. The summed E-state index contributed by atoms with van der Waals surface area (Å²) in [6.07, 6.45) is 3.75. The molecule has 0 aromatic heterocycles. The van der Waals surface area contributed by atoms with E-state index in [1.54, 1.807) is 0 Å². The third-order valence-electron chi connectivity index (χ3n) is 5.29. The first kappa shape index (κ1) is 12.4. The Hall–Kier alpha value is -0.610. The van der Waals surface area contributed by atoms with Crippen molar-refractivity contribution < 1.29 is 4.79 Å². The van der Waals surface area contributed by atoms with Gasteiger partial charge in [-0.25, -0.2) is 0 Å². The van der Waals surface area contributed by atoms with Crippen LogP contribution in [-0.4, -0.2) is 61.0 Å². The first-order chi connectivity index (χ1) is 8.66. The van der Waals surface area contributed by atoms with Gasteiger partial charge >= 0.3 is 0 Å². The normalized spacial score (nSPS) is 41.1. The van der Waals surface area contributed by atoms with Gasteiger partial charge in [-0.1, -0.05) is 6.92 Å². The maximum Gasteiger partial charge on any atom is 0.227 e. The van der Waals surface area contributed by atoms with Gasteiger partial charge in [0.05, 0.1) is 5.92 Å². The number of rotatable bonds is 1. The fourth-order valence-corrected chi connectivity index (χ4v) is 3.88. The fraction of sp³-hybridized carbons (Fsp3) is 0.929. The molecule has 0 radical (unpaired) electrons. The van der Waals surface area contributed by atoms with E-state index < -0.39 is 0 Å². The van der Waals surface area contributed by atoms with Crippen LogP contribution in [0.25, 0.3) is 0 Å². The van der Waals surface area contributed by atoms with E-state index >= 15 is 0 Å². The summed E-state index contributed by atoms with van der Waals surface area (Å²) < 4.78 is 0. The molecule has 3 saturated heterocycles. The lowest BCUT2D eigenvalue weighted by atomic mass is 9.96. The summed E-state index contributed by atoms with van der Waals surface area (Å²) in [5.74, 6) is 1.11. The summed E-state index contributed by atoms with van der Waals surface area (Å²) in [6, 6.07) is 1.32. The van der Waals surface area contributed by atoms with Gasteiger partial charge in [-0.3, -0.25) is 9.69 Å². The number of hydrogen-bond acceptors (Lipinski definition) is 3. The third kappa shape index (κ3) is 2.05. The van der Waals surface area contributed by atoms with Gasteiger partial charge in [-0.15, -0.1) is 0 Å². The molecule has 3 rings (SSSR count). The van der Waals surface area contributed by atoms with E-state index in [4.69, 9.17) is 0 Å². The molecule has 18 heavy (non-hydrogen) atoms. The predicted octanol–water partition coefficient (Wildman–Crippen LogP) is 0.537. The quantitative estimate of drug-likeness (QED) is 0.739. The Balaban J connectivity index is 1.68. The molecule has 102 valence electrons. The van der Waals surface area contributed by atoms with Crippen molar-refractivity contribution in [1.82, 2.24) is 15.1 Å². The zero-order chi connectivity index (χ0) is 12.7. The van der Waals surface area contributed by atoms with Crippen molar-refractivity contribution in [3.05, 3.63) is 0 Å². The average Bonchev–Trinajstić information content (AvgIpc) is 2.84. The second kappa shape index (κ2) is 4.82. The van der Waals surface area contributed by atoms with Crippen molar-refractivity contribution in [3.8, 4) is 0 Å². The maximum atomic E-state index is 12.6. The Kier molecular flexibility index (Phi) is 3.32. The molecular weight excluding hydrogens is 226 g/mol. The summed E-state index contributed by atoms with van der Waals surface area (Å²) in [5, 5.41) is 3.34. The number of likely N-dealkylation sites (N-methyl/N-ethyl adjacent to an activating group) is 1. The highest BCUT2D eigenvalue weighted by Gasteiger charge is 2.39. The number of carbonyl (C=O) groups is 1. The number of likely N-dealkylation sites (tertiary alicyclic amines) is 1. The van der Waals surface area contributed by atoms with Crippen LogP contribution >= 0.6 is 0 Å². The standard InChI is InChI=1S/C14H25N3O/c1-10-7-15-8-13(10)14(18)17-6-5-11-3-4-12(9-17)16(11)2/h10-13,15H,3-9H2,1-2H3. The van der Waals surface area contributed by atoms with Gasteiger partial charge < -0.3 is 10.2 Å². The molecule has 4 heteroatoms. The van der Waals surface area contributed by atoms with Gasteiger partial charge in [-0.05, 0) is 38.8 Å². The van der Waals surface area contributed by atoms with E-state index in [1.807, 2.05) is 0 Å². The van der Waals surface area contributed by atoms with Crippen LogP contribution in [0, 0.1) is 11.8 Å². The smallest absolute Gasteiger partial charge is 0.227 e. The van der Waals surface area contributed by atoms with Crippen molar-refractivity contribution in [2.24, 2.45) is 11.8 Å². The minimum Gasteiger partial charge on any atom is -0.341 e. The van der Waals surface area contributed by atoms with Gasteiger partial charge in [-0.2, -0.15) is 0 Å². The fourth-order valence-electron chi connectivity index (χ4n) is 3.88. The predicted molar refractivity (Wildman–Crippen MR) is 71.3 cm³/mol. The Labute approximate surface area is 110 Å². The first-order valence-corrected chi connectivity index (χ1v) is 7.38. The van der Waals surface area contributed by atoms with E-state index in [2.05, 4.69) is 29.1 Å². The highest BCUT2D eigenvalue weighted by molar-refractivity contribution is 5.79. The van der Waals surface area contributed by atoms with E-state index in [1.165, 1.54) is 12.8 Å². The summed E-state index contributed by atoms with van der Waals surface area (Å²) in [4.78, 5) is 17.3. The van der Waals surface area contributed by atoms with Gasteiger partial charge in [0.2, 0.25) is 5.91 Å². The third-order valence-corrected chi connectivity index (χ3v) is 5.29. The monoisotopic (exact) mass is 251 g/mol. The molecule has 0 aromatic rings. The van der Waals surface area contributed by atoms with Crippen LogP contribution in [0.5, 0.6) is 0 Å². The van der Waals surface area contributed by atoms with E-state index in [0.29, 0.717) is 23.9 Å². The summed E-state index contributed by atoms with van der Waals surface area (Å²) in [5.41, 5.74) is 0. The van der Waals surface area contributed by atoms with Gasteiger partial charge in [0, 0.05) is 31.7 Å². The van der Waals surface area contributed by atoms with Crippen LogP contribution in [0.1, 0.15) is 26.2 Å². The topological polar surface area (TPSA) is 35.6 Å². The molecule has 0 aliphatic carbocycles. The number of fused-ring (bicyclic) bond motifs is 2. The molecule has 3 fully saturated rings. The van der Waals surface area contributed by atoms with Crippen LogP contribution in [0.4, 0.5) is 0 Å². The van der Waals surface area contributed by atoms with Crippen molar-refractivity contribution in [3.63, 3.8) is 0 Å². The van der Waals surface area contributed by atoms with E-state index in [0.717, 1.165) is 32.6 Å². The summed E-state index contributed by atoms with van der Waals surface area (Å²) >= 11 is 0. The van der Waals surface area contributed by atoms with Crippen molar-refractivity contribution in [2.45, 2.75) is 38.3 Å². The minimum atomic E-state index is 0.215. The maximum absolute atomic E-state index is 12.6. The Morgan fingerprint density at radius 1 is 1.17 bits per heavy atom. The molecule has 3 aliphatic heterocycles. The summed E-state index contributed by atoms with van der Waals surface area (Å²) in [6.45, 7) is 5.98. The number of nitrogens with zero attached hydrogens (tertiary/aromatic N) is 2. The molecule has 2 bridgehead atoms. The largest absolute Gasteiger partial charge is 0.341 e. The zero-order valence-corrected chi connectivity index (χ0v) is 11.6. The molecule has 4 unspecified atom stereocenters. The van der Waals surface area contributed by atoms with Gasteiger partial charge in [0.15, 0.2) is 0 Å². The first-order valence-electron chi connectivity index (χ1n) is 7.38. The lowest BCUT2D eigenvalue weighted by molar-refractivity contribution is -0.136. The molecule has 1 amide bonds. The number of carbonyl (C=O) groups excluding carboxylic acids is 1. The van der Waals surface area contributed by atoms with Crippen LogP contribution in [0.2, 0.25) is 0 Å². The van der Waals surface area contributed by atoms with Crippen LogP contribution in [-0.2, 0) is 4.79 Å². The van der Waals surface area contributed by atoms with Crippen LogP contribution in [0.3, 0.4) is 0 Å². The van der Waals surface area contributed by atoms with Crippen molar-refractivity contribution in [2.75, 3.05) is 33.2 Å². The average molecular weight is 251 g/mol. The molecule has 0 spiro atoms. The molecule has 3 aliphatic rings. The van der Waals surface area contributed by atoms with Crippen LogP contribution < -0.4 is 5.32 Å². The summed E-state index contributed by atoms with van der Waals surface area (Å²) in [7, 11) is 2.23. The highest BCUT2D eigenvalue weighted by Crippen LogP contribution is 2.30. The number of amides is 1. The lowest BCUT2D eigenvalue weighted by Crippen LogP contribution is -2.43. The Morgan fingerprint density at radius 3 is 2.67 bits per heavy atom. The van der Waals surface area contributed by atoms with Gasteiger partial charge in [0.25, 0.3) is 0 Å². The molecule has 3 heterocycles. The second-order valence-electron chi connectivity index (χ2n) is 6.37. The highest BCUT2D eigenvalue weighted by atomic mass is 16.2. The molecule has 4 nitrogen and oxygen atoms in total. The molecular formula is C14H25N3O. The van der Waals surface area contributed by atoms with E-state index in [9.17, 15) is 4.79 Å². The second-order valence-corrected chi connectivity index (χ2v) is 6.37. The molecule has 1 N–H and O–H groups in total. The molecule has 0 saturated carbocycles. The van der Waals surface area contributed by atoms with E-state index in [-0.39, 0.29) is 5.92 Å². The van der Waals surface area contributed by atoms with Gasteiger partial charge in [0.1, 0.15) is 0 Å². The Bertz CT molecular complexity index is 333. The lowest BCUT2D eigenvalue weighted by Gasteiger charge is -2.29. The van der Waals surface area contributed by atoms with Crippen molar-refractivity contribution >= 4 is 5.91 Å². The SMILES string of the molecule is CC1CNCC1C(=O)N1CCC2CCC(C1)N2C. The van der Waals surface area contributed by atoms with Crippen LogP contribution in [0.15, 0.2) is 0 Å². The number of nitrogens with one attached hydrogen (secondary N) is 1. The van der Waals surface area contributed by atoms with Crippen molar-refractivity contribution in [1.29, 1.82) is 0 Å².